The lowest BCUT2D eigenvalue weighted by Gasteiger charge is -2.25. The maximum absolute atomic E-state index is 9.08. The molecule has 4 rings (SSSR count). The first kappa shape index (κ1) is 24.3. The van der Waals surface area contributed by atoms with Crippen molar-refractivity contribution in [2.75, 3.05) is 30.8 Å². The Morgan fingerprint density at radius 3 is 2.53 bits per heavy atom. The molecule has 3 aromatic rings. The van der Waals surface area contributed by atoms with Crippen molar-refractivity contribution in [3.63, 3.8) is 0 Å². The quantitative estimate of drug-likeness (QED) is 0.360. The van der Waals surface area contributed by atoms with Crippen molar-refractivity contribution in [1.29, 1.82) is 5.26 Å². The fraction of sp³-hybridized carbons (Fsp3) is 0.357. The summed E-state index contributed by atoms with van der Waals surface area (Å²) in [6.07, 6.45) is 4.96. The summed E-state index contributed by atoms with van der Waals surface area (Å²) in [5.74, 6) is 1.65. The van der Waals surface area contributed by atoms with Gasteiger partial charge in [0.25, 0.3) is 0 Å². The first-order valence-electron chi connectivity index (χ1n) is 11.9. The van der Waals surface area contributed by atoms with Crippen molar-refractivity contribution in [1.82, 2.24) is 9.88 Å². The van der Waals surface area contributed by atoms with Crippen LogP contribution in [-0.4, -0.2) is 35.4 Å². The second kappa shape index (κ2) is 12.6. The highest BCUT2D eigenvalue weighted by atomic mass is 32.2. The number of anilines is 1. The van der Waals surface area contributed by atoms with E-state index in [2.05, 4.69) is 70.7 Å². The molecule has 34 heavy (non-hydrogen) atoms. The molecule has 6 heteroatoms. The molecule has 0 radical (unpaired) electrons. The molecule has 0 spiro atoms. The Balaban J connectivity index is 1.39. The number of nitrogens with one attached hydrogen (secondary N) is 1. The lowest BCUT2D eigenvalue weighted by atomic mass is 10.1. The van der Waals surface area contributed by atoms with Crippen LogP contribution in [0.1, 0.15) is 35.6 Å². The van der Waals surface area contributed by atoms with E-state index >= 15 is 0 Å². The maximum atomic E-state index is 9.08. The number of hydrogen-bond donors (Lipinski definition) is 1. The minimum Gasteiger partial charge on any atom is -0.381 e. The number of nitriles is 1. The molecule has 5 nitrogen and oxygen atoms in total. The maximum Gasteiger partial charge on any atom is 0.0991 e. The Hall–Kier alpha value is -2.85. The molecule has 1 saturated heterocycles. The molecule has 176 valence electrons. The number of nitrogens with zero attached hydrogens (tertiary/aromatic N) is 3. The highest BCUT2D eigenvalue weighted by molar-refractivity contribution is 7.99. The van der Waals surface area contributed by atoms with E-state index in [1.54, 1.807) is 0 Å². The summed E-state index contributed by atoms with van der Waals surface area (Å²) in [4.78, 5) is 8.27. The van der Waals surface area contributed by atoms with Gasteiger partial charge in [-0.3, -0.25) is 9.88 Å². The van der Waals surface area contributed by atoms with E-state index in [-0.39, 0.29) is 0 Å². The van der Waals surface area contributed by atoms with E-state index in [4.69, 9.17) is 10.00 Å². The highest BCUT2D eigenvalue weighted by Gasteiger charge is 2.20. The van der Waals surface area contributed by atoms with E-state index in [0.29, 0.717) is 11.5 Å². The summed E-state index contributed by atoms with van der Waals surface area (Å²) in [7, 11) is 0. The van der Waals surface area contributed by atoms with E-state index in [1.807, 2.05) is 36.3 Å². The van der Waals surface area contributed by atoms with Crippen molar-refractivity contribution in [3.05, 3.63) is 89.2 Å². The van der Waals surface area contributed by atoms with Crippen LogP contribution >= 0.6 is 11.8 Å². The summed E-state index contributed by atoms with van der Waals surface area (Å²) < 4.78 is 5.62. The third-order valence-electron chi connectivity index (χ3n) is 5.96. The van der Waals surface area contributed by atoms with Crippen LogP contribution in [0.25, 0.3) is 0 Å². The van der Waals surface area contributed by atoms with Crippen molar-refractivity contribution < 1.29 is 4.74 Å². The van der Waals surface area contributed by atoms with E-state index in [1.165, 1.54) is 21.6 Å². The van der Waals surface area contributed by atoms with Crippen LogP contribution in [0.4, 0.5) is 5.69 Å². The van der Waals surface area contributed by atoms with E-state index in [9.17, 15) is 0 Å². The van der Waals surface area contributed by atoms with Crippen LogP contribution < -0.4 is 5.32 Å². The molecule has 2 heterocycles. The number of aromatic nitrogens is 1. The van der Waals surface area contributed by atoms with Gasteiger partial charge in [0.1, 0.15) is 0 Å². The van der Waals surface area contributed by atoms with Crippen LogP contribution in [0.3, 0.4) is 0 Å². The van der Waals surface area contributed by atoms with Gasteiger partial charge in [0.05, 0.1) is 23.9 Å². The van der Waals surface area contributed by atoms with Gasteiger partial charge in [-0.2, -0.15) is 5.26 Å². The van der Waals surface area contributed by atoms with Crippen LogP contribution in [-0.2, 0) is 24.4 Å². The van der Waals surface area contributed by atoms with Crippen LogP contribution in [0.15, 0.2) is 71.9 Å². The van der Waals surface area contributed by atoms with Gasteiger partial charge in [-0.1, -0.05) is 31.2 Å². The first-order valence-corrected chi connectivity index (χ1v) is 12.9. The lowest BCUT2D eigenvalue weighted by Crippen LogP contribution is -2.29. The summed E-state index contributed by atoms with van der Waals surface area (Å²) in [6, 6.07) is 21.0. The van der Waals surface area contributed by atoms with Gasteiger partial charge < -0.3 is 10.1 Å². The number of thioether (sulfide) groups is 1. The zero-order valence-corrected chi connectivity index (χ0v) is 20.6. The largest absolute Gasteiger partial charge is 0.381 e. The van der Waals surface area contributed by atoms with Gasteiger partial charge in [0, 0.05) is 50.1 Å². The average molecular weight is 473 g/mol. The predicted octanol–water partition coefficient (Wildman–Crippen LogP) is 5.72. The fourth-order valence-corrected chi connectivity index (χ4v) is 4.89. The number of rotatable bonds is 11. The van der Waals surface area contributed by atoms with Gasteiger partial charge in [0.15, 0.2) is 0 Å². The third kappa shape index (κ3) is 7.33. The van der Waals surface area contributed by atoms with Gasteiger partial charge in [-0.25, -0.2) is 0 Å². The second-order valence-electron chi connectivity index (χ2n) is 8.72. The SMILES string of the molecule is CCSc1ccc(CNc2cncc(CN(Cc3ccc(C#N)cc3)C[C@H]3CCOC3)c2)cc1. The monoisotopic (exact) mass is 472 g/mol. The summed E-state index contributed by atoms with van der Waals surface area (Å²) >= 11 is 1.86. The normalized spacial score (nSPS) is 15.4. The molecular weight excluding hydrogens is 440 g/mol. The Morgan fingerprint density at radius 1 is 1.06 bits per heavy atom. The van der Waals surface area contributed by atoms with Crippen LogP contribution in [0.5, 0.6) is 0 Å². The van der Waals surface area contributed by atoms with Gasteiger partial charge >= 0.3 is 0 Å². The van der Waals surface area contributed by atoms with Crippen molar-refractivity contribution in [2.24, 2.45) is 5.92 Å². The Bertz CT molecular complexity index is 1070. The summed E-state index contributed by atoms with van der Waals surface area (Å²) in [6.45, 7) is 7.28. The zero-order chi connectivity index (χ0) is 23.6. The second-order valence-corrected chi connectivity index (χ2v) is 10.1. The third-order valence-corrected chi connectivity index (χ3v) is 6.86. The van der Waals surface area contributed by atoms with Crippen LogP contribution in [0.2, 0.25) is 0 Å². The smallest absolute Gasteiger partial charge is 0.0991 e. The molecule has 0 bridgehead atoms. The van der Waals surface area contributed by atoms with Crippen molar-refractivity contribution in [3.8, 4) is 6.07 Å². The highest BCUT2D eigenvalue weighted by Crippen LogP contribution is 2.21. The molecule has 1 aliphatic rings. The number of benzene rings is 2. The molecule has 1 fully saturated rings. The first-order chi connectivity index (χ1) is 16.7. The summed E-state index contributed by atoms with van der Waals surface area (Å²) in [5, 5.41) is 12.6. The van der Waals surface area contributed by atoms with Gasteiger partial charge in [0.2, 0.25) is 0 Å². The van der Waals surface area contributed by atoms with Crippen molar-refractivity contribution >= 4 is 17.4 Å². The Kier molecular flexibility index (Phi) is 8.97. The molecule has 0 amide bonds. The lowest BCUT2D eigenvalue weighted by molar-refractivity contribution is 0.161. The molecule has 0 unspecified atom stereocenters. The molecular formula is C28H32N4OS. The van der Waals surface area contributed by atoms with Gasteiger partial charge in [-0.15, -0.1) is 11.8 Å². The number of pyridine rings is 1. The number of hydrogen-bond acceptors (Lipinski definition) is 6. The van der Waals surface area contributed by atoms with Crippen molar-refractivity contribution in [2.45, 2.75) is 37.9 Å². The molecule has 1 N–H and O–H groups in total. The molecule has 0 saturated carbocycles. The van der Waals surface area contributed by atoms with Crippen LogP contribution in [0, 0.1) is 17.2 Å². The minimum absolute atomic E-state index is 0.557. The average Bonchev–Trinajstić information content (AvgIpc) is 3.38. The molecule has 1 atom stereocenters. The van der Waals surface area contributed by atoms with E-state index in [0.717, 1.165) is 57.3 Å². The Labute approximate surface area is 207 Å². The minimum atomic E-state index is 0.557. The van der Waals surface area contributed by atoms with E-state index < -0.39 is 0 Å². The van der Waals surface area contributed by atoms with Gasteiger partial charge in [-0.05, 0) is 65.1 Å². The fourth-order valence-electron chi connectivity index (χ4n) is 4.22. The predicted molar refractivity (Wildman–Crippen MR) is 139 cm³/mol. The molecule has 0 aliphatic carbocycles. The Morgan fingerprint density at radius 2 is 1.82 bits per heavy atom. The number of ether oxygens (including phenoxy) is 1. The standard InChI is InChI=1S/C28H32N4OS/c1-2-34-28-9-7-23(8-10-28)16-31-27-13-26(15-30-17-27)20-32(19-25-11-12-33-21-25)18-24-5-3-22(14-29)4-6-24/h3-10,13,15,17,25,31H,2,11-12,16,18-21H2,1H3/t25-/m1/s1. The molecule has 1 aromatic heterocycles. The molecule has 1 aliphatic heterocycles. The zero-order valence-electron chi connectivity index (χ0n) is 19.7. The molecule has 2 aromatic carbocycles. The summed E-state index contributed by atoms with van der Waals surface area (Å²) in [5.41, 5.74) is 5.39. The topological polar surface area (TPSA) is 61.2 Å².